The highest BCUT2D eigenvalue weighted by molar-refractivity contribution is 7.92. The Morgan fingerprint density at radius 2 is 2.11 bits per heavy atom. The van der Waals surface area contributed by atoms with Crippen LogP contribution in [0.25, 0.3) is 0 Å². The second-order valence-electron chi connectivity index (χ2n) is 3.95. The van der Waals surface area contributed by atoms with Gasteiger partial charge in [-0.15, -0.1) is 0 Å². The third-order valence-corrected chi connectivity index (χ3v) is 4.32. The van der Waals surface area contributed by atoms with E-state index in [-0.39, 0.29) is 16.5 Å². The molecule has 0 spiro atoms. The van der Waals surface area contributed by atoms with E-state index in [2.05, 4.69) is 14.8 Å². The van der Waals surface area contributed by atoms with Gasteiger partial charge in [0.1, 0.15) is 6.33 Å². The fourth-order valence-corrected chi connectivity index (χ4v) is 3.04. The van der Waals surface area contributed by atoms with Gasteiger partial charge in [0.25, 0.3) is 10.0 Å². The van der Waals surface area contributed by atoms with Crippen LogP contribution in [0.15, 0.2) is 23.4 Å². The van der Waals surface area contributed by atoms with Crippen LogP contribution < -0.4 is 10.5 Å². The Balaban J connectivity index is 2.46. The fourth-order valence-electron chi connectivity index (χ4n) is 1.52. The van der Waals surface area contributed by atoms with Crippen LogP contribution in [0, 0.1) is 6.92 Å². The molecule has 1 aromatic carbocycles. The molecular weight excluding hydrogens is 290 g/mol. The van der Waals surface area contributed by atoms with Gasteiger partial charge in [-0.25, -0.2) is 17.8 Å². The SMILES string of the molecule is Cc1cc(Cl)c(N)cc1S(=O)(=O)Nc1ncnn1C. The Morgan fingerprint density at radius 3 is 2.68 bits per heavy atom. The molecule has 19 heavy (non-hydrogen) atoms. The highest BCUT2D eigenvalue weighted by Crippen LogP contribution is 2.27. The number of nitrogens with two attached hydrogens (primary N) is 1. The summed E-state index contributed by atoms with van der Waals surface area (Å²) in [7, 11) is -2.21. The van der Waals surface area contributed by atoms with Crippen LogP contribution in [0.3, 0.4) is 0 Å². The lowest BCUT2D eigenvalue weighted by Crippen LogP contribution is -2.17. The molecule has 0 saturated heterocycles. The minimum absolute atomic E-state index is 0.0531. The smallest absolute Gasteiger partial charge is 0.264 e. The monoisotopic (exact) mass is 301 g/mol. The molecule has 2 rings (SSSR count). The zero-order valence-corrected chi connectivity index (χ0v) is 11.8. The van der Waals surface area contributed by atoms with Gasteiger partial charge in [-0.05, 0) is 24.6 Å². The first-order valence-corrected chi connectivity index (χ1v) is 7.10. The van der Waals surface area contributed by atoms with Gasteiger partial charge in [0.05, 0.1) is 15.6 Å². The van der Waals surface area contributed by atoms with Gasteiger partial charge >= 0.3 is 0 Å². The third-order valence-electron chi connectivity index (χ3n) is 2.52. The Morgan fingerprint density at radius 1 is 1.42 bits per heavy atom. The van der Waals surface area contributed by atoms with Crippen molar-refractivity contribution in [3.05, 3.63) is 29.0 Å². The lowest BCUT2D eigenvalue weighted by molar-refractivity contribution is 0.599. The van der Waals surface area contributed by atoms with Crippen molar-refractivity contribution in [2.24, 2.45) is 7.05 Å². The molecule has 0 aliphatic rings. The van der Waals surface area contributed by atoms with Crippen molar-refractivity contribution in [3.8, 4) is 0 Å². The number of rotatable bonds is 3. The summed E-state index contributed by atoms with van der Waals surface area (Å²) in [5.74, 6) is 0.118. The van der Waals surface area contributed by atoms with E-state index < -0.39 is 10.0 Å². The third kappa shape index (κ3) is 2.64. The second kappa shape index (κ2) is 4.71. The molecule has 7 nitrogen and oxygen atoms in total. The van der Waals surface area contributed by atoms with Crippen molar-refractivity contribution in [1.29, 1.82) is 0 Å². The minimum Gasteiger partial charge on any atom is -0.397 e. The number of sulfonamides is 1. The van der Waals surface area contributed by atoms with E-state index in [0.29, 0.717) is 10.6 Å². The molecule has 1 heterocycles. The number of nitrogen functional groups attached to an aromatic ring is 1. The Kier molecular flexibility index (Phi) is 3.38. The molecule has 1 aromatic heterocycles. The first kappa shape index (κ1) is 13.6. The lowest BCUT2D eigenvalue weighted by Gasteiger charge is -2.11. The van der Waals surface area contributed by atoms with Crippen molar-refractivity contribution in [1.82, 2.24) is 14.8 Å². The van der Waals surface area contributed by atoms with E-state index in [1.165, 1.54) is 23.1 Å². The summed E-state index contributed by atoms with van der Waals surface area (Å²) < 4.78 is 28.1. The van der Waals surface area contributed by atoms with Gasteiger partial charge in [-0.2, -0.15) is 10.1 Å². The molecule has 0 radical (unpaired) electrons. The lowest BCUT2D eigenvalue weighted by atomic mass is 10.2. The number of hydrogen-bond acceptors (Lipinski definition) is 5. The van der Waals surface area contributed by atoms with Crippen molar-refractivity contribution in [2.75, 3.05) is 10.5 Å². The number of benzene rings is 1. The van der Waals surface area contributed by atoms with Crippen LogP contribution in [0.5, 0.6) is 0 Å². The van der Waals surface area contributed by atoms with Crippen LogP contribution in [0.4, 0.5) is 11.6 Å². The first-order chi connectivity index (χ1) is 8.81. The first-order valence-electron chi connectivity index (χ1n) is 5.23. The van der Waals surface area contributed by atoms with Crippen LogP contribution in [-0.4, -0.2) is 23.2 Å². The number of nitrogens with zero attached hydrogens (tertiary/aromatic N) is 3. The van der Waals surface area contributed by atoms with E-state index in [0.717, 1.165) is 0 Å². The molecule has 102 valence electrons. The van der Waals surface area contributed by atoms with E-state index >= 15 is 0 Å². The number of hydrogen-bond donors (Lipinski definition) is 2. The van der Waals surface area contributed by atoms with E-state index in [1.54, 1.807) is 14.0 Å². The van der Waals surface area contributed by atoms with Gasteiger partial charge in [-0.1, -0.05) is 11.6 Å². The van der Waals surface area contributed by atoms with E-state index in [4.69, 9.17) is 17.3 Å². The molecule has 0 unspecified atom stereocenters. The summed E-state index contributed by atoms with van der Waals surface area (Å²) in [6.45, 7) is 1.64. The Hall–Kier alpha value is -1.80. The van der Waals surface area contributed by atoms with Crippen LogP contribution in [0.1, 0.15) is 5.56 Å². The predicted octanol–water partition coefficient (Wildman–Crippen LogP) is 1.16. The number of aryl methyl sites for hydroxylation is 2. The maximum absolute atomic E-state index is 12.2. The van der Waals surface area contributed by atoms with Crippen molar-refractivity contribution >= 4 is 33.3 Å². The molecule has 0 amide bonds. The number of nitrogens with one attached hydrogen (secondary N) is 1. The largest absolute Gasteiger partial charge is 0.397 e. The zero-order valence-electron chi connectivity index (χ0n) is 10.3. The maximum atomic E-state index is 12.2. The Labute approximate surface area is 115 Å². The van der Waals surface area contributed by atoms with Gasteiger partial charge in [0.15, 0.2) is 0 Å². The van der Waals surface area contributed by atoms with Crippen molar-refractivity contribution in [2.45, 2.75) is 11.8 Å². The summed E-state index contributed by atoms with van der Waals surface area (Å²) in [5, 5.41) is 4.10. The standard InChI is InChI=1S/C10H12ClN5O2S/c1-6-3-7(11)8(12)4-9(6)19(17,18)15-10-13-5-14-16(10)2/h3-5H,12H2,1-2H3,(H,13,14,15). The summed E-state index contributed by atoms with van der Waals surface area (Å²) in [5.41, 5.74) is 6.33. The molecule has 0 atom stereocenters. The molecule has 0 bridgehead atoms. The minimum atomic E-state index is -3.79. The predicted molar refractivity (Wildman–Crippen MR) is 72.4 cm³/mol. The van der Waals surface area contributed by atoms with Crippen molar-refractivity contribution < 1.29 is 8.42 Å². The van der Waals surface area contributed by atoms with Gasteiger partial charge in [0, 0.05) is 7.05 Å². The molecule has 0 aliphatic heterocycles. The van der Waals surface area contributed by atoms with Crippen LogP contribution >= 0.6 is 11.6 Å². The zero-order chi connectivity index (χ0) is 14.2. The van der Waals surface area contributed by atoms with Crippen molar-refractivity contribution in [3.63, 3.8) is 0 Å². The number of aromatic nitrogens is 3. The van der Waals surface area contributed by atoms with E-state index in [1.807, 2.05) is 0 Å². The average molecular weight is 302 g/mol. The molecule has 9 heteroatoms. The highest BCUT2D eigenvalue weighted by Gasteiger charge is 2.20. The second-order valence-corrected chi connectivity index (χ2v) is 6.01. The number of anilines is 2. The summed E-state index contributed by atoms with van der Waals surface area (Å²) in [6.07, 6.45) is 1.25. The molecule has 2 aromatic rings. The molecular formula is C10H12ClN5O2S. The van der Waals surface area contributed by atoms with E-state index in [9.17, 15) is 8.42 Å². The highest BCUT2D eigenvalue weighted by atomic mass is 35.5. The maximum Gasteiger partial charge on any atom is 0.264 e. The van der Waals surface area contributed by atoms with Crippen LogP contribution in [-0.2, 0) is 17.1 Å². The van der Waals surface area contributed by atoms with Gasteiger partial charge in [0.2, 0.25) is 5.95 Å². The number of halogens is 1. The molecule has 0 aliphatic carbocycles. The van der Waals surface area contributed by atoms with Gasteiger partial charge < -0.3 is 5.73 Å². The normalized spacial score (nSPS) is 11.5. The molecule has 3 N–H and O–H groups in total. The fraction of sp³-hybridized carbons (Fsp3) is 0.200. The van der Waals surface area contributed by atoms with Crippen LogP contribution in [0.2, 0.25) is 5.02 Å². The van der Waals surface area contributed by atoms with Gasteiger partial charge in [-0.3, -0.25) is 0 Å². The summed E-state index contributed by atoms with van der Waals surface area (Å²) >= 11 is 5.84. The molecule has 0 saturated carbocycles. The quantitative estimate of drug-likeness (QED) is 0.828. The summed E-state index contributed by atoms with van der Waals surface area (Å²) in [4.78, 5) is 3.85. The Bertz CT molecular complexity index is 726. The topological polar surface area (TPSA) is 103 Å². The summed E-state index contributed by atoms with van der Waals surface area (Å²) in [6, 6.07) is 2.82. The molecule has 0 fully saturated rings. The average Bonchev–Trinajstić information content (AvgIpc) is 2.69.